The van der Waals surface area contributed by atoms with E-state index in [2.05, 4.69) is 31.0 Å². The van der Waals surface area contributed by atoms with Crippen LogP contribution in [-0.4, -0.2) is 44.0 Å². The first-order chi connectivity index (χ1) is 9.38. The summed E-state index contributed by atoms with van der Waals surface area (Å²) in [4.78, 5) is 14.2. The van der Waals surface area contributed by atoms with Crippen LogP contribution in [0.3, 0.4) is 0 Å². The first-order valence-electron chi connectivity index (χ1n) is 8.03. The molecule has 0 heterocycles. The Hall–Kier alpha value is -0.610. The molecule has 2 unspecified atom stereocenters. The third kappa shape index (κ3) is 10.2. The van der Waals surface area contributed by atoms with Gasteiger partial charge in [-0.2, -0.15) is 0 Å². The van der Waals surface area contributed by atoms with Crippen LogP contribution in [-0.2, 0) is 4.79 Å². The molecule has 0 bridgehead atoms. The molecule has 0 aliphatic rings. The highest BCUT2D eigenvalue weighted by Crippen LogP contribution is 2.14. The maximum atomic E-state index is 12.1. The van der Waals surface area contributed by atoms with Crippen molar-refractivity contribution in [2.75, 3.05) is 27.2 Å². The molecule has 120 valence electrons. The van der Waals surface area contributed by atoms with Crippen LogP contribution >= 0.6 is 0 Å². The lowest BCUT2D eigenvalue weighted by molar-refractivity contribution is -0.122. The Morgan fingerprint density at radius 2 is 1.90 bits per heavy atom. The molecule has 0 aromatic rings. The fraction of sp³-hybridized carbons (Fsp3) is 0.938. The summed E-state index contributed by atoms with van der Waals surface area (Å²) < 4.78 is 0. The van der Waals surface area contributed by atoms with Crippen molar-refractivity contribution < 1.29 is 4.79 Å². The molecular weight excluding hydrogens is 250 g/mol. The molecule has 0 radical (unpaired) electrons. The summed E-state index contributed by atoms with van der Waals surface area (Å²) in [6, 6.07) is 0.257. The van der Waals surface area contributed by atoms with Crippen molar-refractivity contribution in [3.63, 3.8) is 0 Å². The predicted molar refractivity (Wildman–Crippen MR) is 86.6 cm³/mol. The zero-order valence-electron chi connectivity index (χ0n) is 14.1. The molecular formula is C16H35N3O. The fourth-order valence-electron chi connectivity index (χ4n) is 2.61. The van der Waals surface area contributed by atoms with Crippen LogP contribution in [0.2, 0.25) is 0 Å². The van der Waals surface area contributed by atoms with Crippen molar-refractivity contribution in [3.8, 4) is 0 Å². The summed E-state index contributed by atoms with van der Waals surface area (Å²) in [6.45, 7) is 8.19. The van der Waals surface area contributed by atoms with Gasteiger partial charge in [0.25, 0.3) is 0 Å². The van der Waals surface area contributed by atoms with Crippen LogP contribution in [0.25, 0.3) is 0 Å². The van der Waals surface area contributed by atoms with Crippen LogP contribution in [0.15, 0.2) is 0 Å². The Kier molecular flexibility index (Phi) is 10.8. The zero-order valence-corrected chi connectivity index (χ0v) is 14.1. The van der Waals surface area contributed by atoms with Crippen molar-refractivity contribution in [1.29, 1.82) is 0 Å². The standard InChI is InChI=1S/C16H35N3O/c1-6-14(9-10-17)7-8-16(20)18-15(11-13(2)3)12-19(4)5/h13-15H,6-12,17H2,1-5H3,(H,18,20). The average Bonchev–Trinajstić information content (AvgIpc) is 2.32. The average molecular weight is 285 g/mol. The Labute approximate surface area is 125 Å². The van der Waals surface area contributed by atoms with Gasteiger partial charge in [0.1, 0.15) is 0 Å². The van der Waals surface area contributed by atoms with Gasteiger partial charge in [-0.3, -0.25) is 4.79 Å². The number of carbonyl (C=O) groups is 1. The highest BCUT2D eigenvalue weighted by molar-refractivity contribution is 5.76. The van der Waals surface area contributed by atoms with E-state index in [1.807, 2.05) is 14.1 Å². The summed E-state index contributed by atoms with van der Waals surface area (Å²) in [5, 5.41) is 3.19. The van der Waals surface area contributed by atoms with Crippen LogP contribution < -0.4 is 11.1 Å². The normalized spacial score (nSPS) is 14.6. The second-order valence-electron chi connectivity index (χ2n) is 6.55. The molecule has 0 aromatic carbocycles. The fourth-order valence-corrected chi connectivity index (χ4v) is 2.61. The molecule has 0 aromatic heterocycles. The predicted octanol–water partition coefficient (Wildman–Crippen LogP) is 2.23. The van der Waals surface area contributed by atoms with E-state index in [0.29, 0.717) is 18.3 Å². The maximum Gasteiger partial charge on any atom is 0.220 e. The molecule has 0 fully saturated rings. The summed E-state index contributed by atoms with van der Waals surface area (Å²) in [6.07, 6.45) is 4.74. The number of likely N-dealkylation sites (N-methyl/N-ethyl adjacent to an activating group) is 1. The molecule has 0 rings (SSSR count). The molecule has 4 nitrogen and oxygen atoms in total. The summed E-state index contributed by atoms with van der Waals surface area (Å²) in [5.74, 6) is 1.37. The van der Waals surface area contributed by atoms with Crippen molar-refractivity contribution in [3.05, 3.63) is 0 Å². The number of amides is 1. The lowest BCUT2D eigenvalue weighted by atomic mass is 9.96. The van der Waals surface area contributed by atoms with Gasteiger partial charge in [0.05, 0.1) is 0 Å². The molecule has 0 aliphatic carbocycles. The number of nitrogens with zero attached hydrogens (tertiary/aromatic N) is 1. The minimum Gasteiger partial charge on any atom is -0.352 e. The van der Waals surface area contributed by atoms with Crippen LogP contribution in [0.5, 0.6) is 0 Å². The molecule has 3 N–H and O–H groups in total. The highest BCUT2D eigenvalue weighted by Gasteiger charge is 2.16. The summed E-state index contributed by atoms with van der Waals surface area (Å²) in [7, 11) is 4.10. The minimum absolute atomic E-state index is 0.188. The van der Waals surface area contributed by atoms with E-state index in [9.17, 15) is 4.79 Å². The molecule has 4 heteroatoms. The van der Waals surface area contributed by atoms with E-state index in [0.717, 1.165) is 38.8 Å². The van der Waals surface area contributed by atoms with Crippen LogP contribution in [0.4, 0.5) is 0 Å². The third-order valence-electron chi connectivity index (χ3n) is 3.64. The zero-order chi connectivity index (χ0) is 15.5. The maximum absolute atomic E-state index is 12.1. The number of hydrogen-bond acceptors (Lipinski definition) is 3. The number of nitrogens with one attached hydrogen (secondary N) is 1. The number of nitrogens with two attached hydrogens (primary N) is 1. The van der Waals surface area contributed by atoms with E-state index in [-0.39, 0.29) is 11.9 Å². The van der Waals surface area contributed by atoms with Crippen molar-refractivity contribution in [2.24, 2.45) is 17.6 Å². The van der Waals surface area contributed by atoms with E-state index in [4.69, 9.17) is 5.73 Å². The molecule has 0 aliphatic heterocycles. The monoisotopic (exact) mass is 285 g/mol. The highest BCUT2D eigenvalue weighted by atomic mass is 16.1. The van der Waals surface area contributed by atoms with E-state index < -0.39 is 0 Å². The van der Waals surface area contributed by atoms with Gasteiger partial charge in [-0.05, 0) is 51.7 Å². The second kappa shape index (κ2) is 11.1. The van der Waals surface area contributed by atoms with Gasteiger partial charge in [-0.1, -0.05) is 27.2 Å². The van der Waals surface area contributed by atoms with E-state index in [1.54, 1.807) is 0 Å². The number of rotatable bonds is 11. The van der Waals surface area contributed by atoms with Gasteiger partial charge in [-0.25, -0.2) is 0 Å². The van der Waals surface area contributed by atoms with E-state index >= 15 is 0 Å². The van der Waals surface area contributed by atoms with Gasteiger partial charge in [0.15, 0.2) is 0 Å². The second-order valence-corrected chi connectivity index (χ2v) is 6.55. The lowest BCUT2D eigenvalue weighted by Crippen LogP contribution is -2.42. The molecule has 20 heavy (non-hydrogen) atoms. The van der Waals surface area contributed by atoms with Gasteiger partial charge < -0.3 is 16.0 Å². The minimum atomic E-state index is 0.188. The van der Waals surface area contributed by atoms with E-state index in [1.165, 1.54) is 0 Å². The van der Waals surface area contributed by atoms with Crippen molar-refractivity contribution in [1.82, 2.24) is 10.2 Å². The smallest absolute Gasteiger partial charge is 0.220 e. The Bertz CT molecular complexity index is 244. The molecule has 0 spiro atoms. The Morgan fingerprint density at radius 1 is 1.25 bits per heavy atom. The topological polar surface area (TPSA) is 58.4 Å². The largest absolute Gasteiger partial charge is 0.352 e. The molecule has 1 amide bonds. The van der Waals surface area contributed by atoms with Crippen molar-refractivity contribution in [2.45, 2.75) is 58.9 Å². The van der Waals surface area contributed by atoms with Crippen LogP contribution in [0.1, 0.15) is 52.9 Å². The molecule has 0 saturated heterocycles. The van der Waals surface area contributed by atoms with Gasteiger partial charge in [0.2, 0.25) is 5.91 Å². The van der Waals surface area contributed by atoms with Gasteiger partial charge in [-0.15, -0.1) is 0 Å². The summed E-state index contributed by atoms with van der Waals surface area (Å²) in [5.41, 5.74) is 5.60. The Balaban J connectivity index is 4.16. The molecule has 0 saturated carbocycles. The Morgan fingerprint density at radius 3 is 2.35 bits per heavy atom. The first kappa shape index (κ1) is 19.4. The van der Waals surface area contributed by atoms with Gasteiger partial charge in [0, 0.05) is 19.0 Å². The first-order valence-corrected chi connectivity index (χ1v) is 8.03. The lowest BCUT2D eigenvalue weighted by Gasteiger charge is -2.24. The molecule has 2 atom stereocenters. The number of hydrogen-bond donors (Lipinski definition) is 2. The number of carbonyl (C=O) groups excluding carboxylic acids is 1. The quantitative estimate of drug-likeness (QED) is 0.612. The van der Waals surface area contributed by atoms with Crippen LogP contribution in [0, 0.1) is 11.8 Å². The SMILES string of the molecule is CCC(CCN)CCC(=O)NC(CC(C)C)CN(C)C. The van der Waals surface area contributed by atoms with Gasteiger partial charge >= 0.3 is 0 Å². The van der Waals surface area contributed by atoms with Crippen molar-refractivity contribution >= 4 is 5.91 Å². The summed E-state index contributed by atoms with van der Waals surface area (Å²) >= 11 is 0. The third-order valence-corrected chi connectivity index (χ3v) is 3.64.